The molecule has 0 radical (unpaired) electrons. The highest BCUT2D eigenvalue weighted by Crippen LogP contribution is 2.26. The third-order valence-corrected chi connectivity index (χ3v) is 3.26. The molecule has 2 N–H and O–H groups in total. The average Bonchev–Trinajstić information content (AvgIpc) is 2.99. The summed E-state index contributed by atoms with van der Waals surface area (Å²) in [5.74, 6) is 0.908. The van der Waals surface area contributed by atoms with E-state index >= 15 is 0 Å². The molecule has 2 heterocycles. The second-order valence-corrected chi connectivity index (χ2v) is 5.16. The number of nitrogens with one attached hydrogen (secondary N) is 2. The van der Waals surface area contributed by atoms with Gasteiger partial charge in [-0.25, -0.2) is 4.98 Å². The molecule has 0 aliphatic carbocycles. The lowest BCUT2D eigenvalue weighted by molar-refractivity contribution is 1.03. The van der Waals surface area contributed by atoms with Crippen molar-refractivity contribution in [2.75, 3.05) is 0 Å². The molecule has 0 amide bonds. The zero-order chi connectivity index (χ0) is 13.2. The van der Waals surface area contributed by atoms with Gasteiger partial charge in [0.25, 0.3) is 0 Å². The number of benzene rings is 1. The monoisotopic (exact) mass is 291 g/mol. The molecule has 0 atom stereocenters. The van der Waals surface area contributed by atoms with Crippen LogP contribution in [0.1, 0.15) is 11.4 Å². The molecule has 0 fully saturated rings. The highest BCUT2D eigenvalue weighted by Gasteiger charge is 2.07. The van der Waals surface area contributed by atoms with Crippen LogP contribution >= 0.6 is 23.2 Å². The van der Waals surface area contributed by atoms with E-state index in [0.717, 1.165) is 23.5 Å². The van der Waals surface area contributed by atoms with E-state index in [2.05, 4.69) is 15.0 Å². The van der Waals surface area contributed by atoms with E-state index in [9.17, 15) is 0 Å². The van der Waals surface area contributed by atoms with Gasteiger partial charge in [-0.2, -0.15) is 0 Å². The Bertz CT molecular complexity index is 666. The Balaban J connectivity index is 1.88. The van der Waals surface area contributed by atoms with Crippen LogP contribution in [0.15, 0.2) is 42.9 Å². The minimum absolute atomic E-state index is 0.609. The number of H-pyrrole nitrogens is 2. The van der Waals surface area contributed by atoms with Crippen LogP contribution < -0.4 is 0 Å². The molecule has 3 aromatic rings. The molecular formula is C14H11Cl2N3. The Morgan fingerprint density at radius 1 is 1.05 bits per heavy atom. The molecule has 0 unspecified atom stereocenters. The molecule has 0 bridgehead atoms. The summed E-state index contributed by atoms with van der Waals surface area (Å²) in [5, 5.41) is 1.22. The number of aromatic nitrogens is 3. The van der Waals surface area contributed by atoms with E-state index in [-0.39, 0.29) is 0 Å². The SMILES string of the molecule is Clc1cc(Cl)cc(-c2c[nH]c(Cc3cc[nH]c3)n2)c1. The van der Waals surface area contributed by atoms with E-state index in [1.165, 1.54) is 5.56 Å². The summed E-state index contributed by atoms with van der Waals surface area (Å²) >= 11 is 12.0. The fourth-order valence-electron chi connectivity index (χ4n) is 1.96. The summed E-state index contributed by atoms with van der Waals surface area (Å²) in [6, 6.07) is 7.44. The number of hydrogen-bond donors (Lipinski definition) is 2. The van der Waals surface area contributed by atoms with Gasteiger partial charge in [0.1, 0.15) is 5.82 Å². The maximum atomic E-state index is 6.00. The lowest BCUT2D eigenvalue weighted by Gasteiger charge is -1.99. The highest BCUT2D eigenvalue weighted by molar-refractivity contribution is 6.35. The van der Waals surface area contributed by atoms with Crippen LogP contribution in [0.2, 0.25) is 10.0 Å². The number of halogens is 2. The summed E-state index contributed by atoms with van der Waals surface area (Å²) in [7, 11) is 0. The molecule has 1 aromatic carbocycles. The van der Waals surface area contributed by atoms with E-state index in [1.54, 1.807) is 6.07 Å². The average molecular weight is 292 g/mol. The van der Waals surface area contributed by atoms with Crippen molar-refractivity contribution in [3.8, 4) is 11.3 Å². The van der Waals surface area contributed by atoms with Crippen molar-refractivity contribution in [3.05, 3.63) is 64.3 Å². The molecule has 3 nitrogen and oxygen atoms in total. The Hall–Kier alpha value is -1.71. The van der Waals surface area contributed by atoms with E-state index in [0.29, 0.717) is 10.0 Å². The zero-order valence-corrected chi connectivity index (χ0v) is 11.5. The molecule has 0 saturated carbocycles. The van der Waals surface area contributed by atoms with Gasteiger partial charge in [-0.05, 0) is 29.8 Å². The third-order valence-electron chi connectivity index (χ3n) is 2.82. The minimum Gasteiger partial charge on any atom is -0.367 e. The molecule has 0 saturated heterocycles. The number of aromatic amines is 2. The molecular weight excluding hydrogens is 281 g/mol. The molecule has 96 valence electrons. The Morgan fingerprint density at radius 2 is 1.84 bits per heavy atom. The van der Waals surface area contributed by atoms with Crippen molar-refractivity contribution in [3.63, 3.8) is 0 Å². The standard InChI is InChI=1S/C14H11Cl2N3/c15-11-4-10(5-12(16)6-11)13-8-18-14(19-13)3-9-1-2-17-7-9/h1-2,4-8,17H,3H2,(H,18,19). The Kier molecular flexibility index (Phi) is 3.32. The second-order valence-electron chi connectivity index (χ2n) is 4.29. The van der Waals surface area contributed by atoms with Gasteiger partial charge in [-0.3, -0.25) is 0 Å². The van der Waals surface area contributed by atoms with E-state index in [1.807, 2.05) is 36.8 Å². The molecule has 5 heteroatoms. The van der Waals surface area contributed by atoms with Gasteiger partial charge in [0, 0.05) is 40.6 Å². The Morgan fingerprint density at radius 3 is 2.53 bits per heavy atom. The van der Waals surface area contributed by atoms with Gasteiger partial charge < -0.3 is 9.97 Å². The summed E-state index contributed by atoms with van der Waals surface area (Å²) in [6.07, 6.45) is 6.48. The van der Waals surface area contributed by atoms with Crippen molar-refractivity contribution in [2.45, 2.75) is 6.42 Å². The summed E-state index contributed by atoms with van der Waals surface area (Å²) < 4.78 is 0. The first-order valence-electron chi connectivity index (χ1n) is 5.83. The zero-order valence-electron chi connectivity index (χ0n) is 9.95. The lowest BCUT2D eigenvalue weighted by Crippen LogP contribution is -1.88. The van der Waals surface area contributed by atoms with Crippen molar-refractivity contribution >= 4 is 23.2 Å². The molecule has 0 aliphatic rings. The van der Waals surface area contributed by atoms with Crippen LogP contribution in [0.4, 0.5) is 0 Å². The number of nitrogens with zero attached hydrogens (tertiary/aromatic N) is 1. The maximum absolute atomic E-state index is 6.00. The summed E-state index contributed by atoms with van der Waals surface area (Å²) in [5.41, 5.74) is 2.94. The normalized spacial score (nSPS) is 10.8. The van der Waals surface area contributed by atoms with Crippen molar-refractivity contribution in [2.24, 2.45) is 0 Å². The fraction of sp³-hybridized carbons (Fsp3) is 0.0714. The van der Waals surface area contributed by atoms with Gasteiger partial charge in [0.2, 0.25) is 0 Å². The van der Waals surface area contributed by atoms with Crippen LogP contribution in [0.25, 0.3) is 11.3 Å². The molecule has 0 aliphatic heterocycles. The number of rotatable bonds is 3. The van der Waals surface area contributed by atoms with Crippen LogP contribution in [-0.2, 0) is 6.42 Å². The predicted octanol–water partition coefficient (Wildman–Crippen LogP) is 4.30. The molecule has 2 aromatic heterocycles. The predicted molar refractivity (Wildman–Crippen MR) is 77.6 cm³/mol. The maximum Gasteiger partial charge on any atom is 0.111 e. The summed E-state index contributed by atoms with van der Waals surface area (Å²) in [6.45, 7) is 0. The quantitative estimate of drug-likeness (QED) is 0.742. The minimum atomic E-state index is 0.609. The Labute approximate surface area is 120 Å². The van der Waals surface area contributed by atoms with E-state index < -0.39 is 0 Å². The topological polar surface area (TPSA) is 44.5 Å². The van der Waals surface area contributed by atoms with Gasteiger partial charge in [0.15, 0.2) is 0 Å². The molecule has 3 rings (SSSR count). The first kappa shape index (κ1) is 12.3. The second kappa shape index (κ2) is 5.11. The van der Waals surface area contributed by atoms with Crippen molar-refractivity contribution in [1.82, 2.24) is 15.0 Å². The van der Waals surface area contributed by atoms with Gasteiger partial charge in [-0.15, -0.1) is 0 Å². The lowest BCUT2D eigenvalue weighted by atomic mass is 10.2. The van der Waals surface area contributed by atoms with Gasteiger partial charge in [-0.1, -0.05) is 23.2 Å². The van der Waals surface area contributed by atoms with Crippen molar-refractivity contribution < 1.29 is 0 Å². The van der Waals surface area contributed by atoms with Gasteiger partial charge >= 0.3 is 0 Å². The third kappa shape index (κ3) is 2.83. The first-order chi connectivity index (χ1) is 9.20. The number of hydrogen-bond acceptors (Lipinski definition) is 1. The number of imidazole rings is 1. The summed E-state index contributed by atoms with van der Waals surface area (Å²) in [4.78, 5) is 10.7. The fourth-order valence-corrected chi connectivity index (χ4v) is 2.49. The van der Waals surface area contributed by atoms with Crippen LogP contribution in [0.5, 0.6) is 0 Å². The van der Waals surface area contributed by atoms with Crippen LogP contribution in [0.3, 0.4) is 0 Å². The molecule has 19 heavy (non-hydrogen) atoms. The highest BCUT2D eigenvalue weighted by atomic mass is 35.5. The molecule has 0 spiro atoms. The smallest absolute Gasteiger partial charge is 0.111 e. The van der Waals surface area contributed by atoms with E-state index in [4.69, 9.17) is 23.2 Å². The van der Waals surface area contributed by atoms with Crippen LogP contribution in [-0.4, -0.2) is 15.0 Å². The first-order valence-corrected chi connectivity index (χ1v) is 6.59. The largest absolute Gasteiger partial charge is 0.367 e. The van der Waals surface area contributed by atoms with Gasteiger partial charge in [0.05, 0.1) is 5.69 Å². The van der Waals surface area contributed by atoms with Crippen molar-refractivity contribution in [1.29, 1.82) is 0 Å². The van der Waals surface area contributed by atoms with Crippen LogP contribution in [0, 0.1) is 0 Å².